The van der Waals surface area contributed by atoms with Crippen LogP contribution in [-0.4, -0.2) is 23.5 Å². The molecule has 2 rings (SSSR count). The molecular formula is C18H21NOS2. The third kappa shape index (κ3) is 6.16. The molecule has 1 atom stereocenters. The van der Waals surface area contributed by atoms with Gasteiger partial charge in [0.1, 0.15) is 0 Å². The van der Waals surface area contributed by atoms with Crippen molar-refractivity contribution in [3.63, 3.8) is 0 Å². The molecule has 0 aliphatic rings. The zero-order valence-electron chi connectivity index (χ0n) is 12.7. The highest BCUT2D eigenvalue weighted by Crippen LogP contribution is 2.18. The fourth-order valence-corrected chi connectivity index (χ4v) is 3.53. The molecule has 0 fully saturated rings. The summed E-state index contributed by atoms with van der Waals surface area (Å²) in [5, 5.41) is 2.98. The van der Waals surface area contributed by atoms with Gasteiger partial charge < -0.3 is 5.32 Å². The quantitative estimate of drug-likeness (QED) is 0.580. The lowest BCUT2D eigenvalue weighted by atomic mass is 10.2. The maximum atomic E-state index is 12.0. The molecular weight excluding hydrogens is 310 g/mol. The Morgan fingerprint density at radius 1 is 1.05 bits per heavy atom. The molecule has 2 aromatic rings. The molecule has 0 aliphatic carbocycles. The molecule has 22 heavy (non-hydrogen) atoms. The Morgan fingerprint density at radius 2 is 1.68 bits per heavy atom. The summed E-state index contributed by atoms with van der Waals surface area (Å²) in [6.07, 6.45) is 0. The number of hydrogen-bond acceptors (Lipinski definition) is 3. The predicted molar refractivity (Wildman–Crippen MR) is 97.4 cm³/mol. The zero-order valence-corrected chi connectivity index (χ0v) is 14.3. The molecule has 116 valence electrons. The van der Waals surface area contributed by atoms with Gasteiger partial charge in [0.25, 0.3) is 0 Å². The normalized spacial score (nSPS) is 11.9. The van der Waals surface area contributed by atoms with Crippen LogP contribution in [0.15, 0.2) is 65.6 Å². The molecule has 0 spiro atoms. The summed E-state index contributed by atoms with van der Waals surface area (Å²) in [6.45, 7) is 2.67. The molecule has 0 aromatic heterocycles. The van der Waals surface area contributed by atoms with Gasteiger partial charge in [-0.05, 0) is 24.6 Å². The number of amides is 1. The Balaban J connectivity index is 1.62. The van der Waals surface area contributed by atoms with E-state index in [9.17, 15) is 4.79 Å². The predicted octanol–water partition coefficient (Wildman–Crippen LogP) is 4.22. The summed E-state index contributed by atoms with van der Waals surface area (Å²) in [7, 11) is 0. The number of hydrogen-bond donors (Lipinski definition) is 1. The first-order valence-electron chi connectivity index (χ1n) is 7.37. The van der Waals surface area contributed by atoms with E-state index in [1.54, 1.807) is 23.5 Å². The lowest BCUT2D eigenvalue weighted by Gasteiger charge is -2.12. The van der Waals surface area contributed by atoms with Crippen LogP contribution in [0.5, 0.6) is 0 Å². The third-order valence-electron chi connectivity index (χ3n) is 3.13. The van der Waals surface area contributed by atoms with Gasteiger partial charge in [0.15, 0.2) is 0 Å². The number of carbonyl (C=O) groups excluding carboxylic acids is 1. The van der Waals surface area contributed by atoms with Gasteiger partial charge in [0, 0.05) is 22.9 Å². The fourth-order valence-electron chi connectivity index (χ4n) is 1.87. The van der Waals surface area contributed by atoms with Crippen LogP contribution in [0.2, 0.25) is 0 Å². The standard InChI is InChI=1S/C18H21NOS2/c1-15(22-14-16-8-4-2-5-9-16)18(20)19-12-13-21-17-10-6-3-7-11-17/h2-11,15H,12-14H2,1H3,(H,19,20)/t15-/m1/s1. The molecule has 0 bridgehead atoms. The lowest BCUT2D eigenvalue weighted by molar-refractivity contribution is -0.120. The highest BCUT2D eigenvalue weighted by molar-refractivity contribution is 7.99. The number of carbonyl (C=O) groups is 1. The highest BCUT2D eigenvalue weighted by atomic mass is 32.2. The van der Waals surface area contributed by atoms with Crippen molar-refractivity contribution < 1.29 is 4.79 Å². The van der Waals surface area contributed by atoms with Crippen molar-refractivity contribution in [3.05, 3.63) is 66.2 Å². The van der Waals surface area contributed by atoms with Crippen molar-refractivity contribution in [3.8, 4) is 0 Å². The van der Waals surface area contributed by atoms with Crippen molar-refractivity contribution in [2.75, 3.05) is 12.3 Å². The second-order valence-corrected chi connectivity index (χ2v) is 7.39. The van der Waals surface area contributed by atoms with E-state index in [0.29, 0.717) is 6.54 Å². The Bertz CT molecular complexity index is 560. The first kappa shape index (κ1) is 17.0. The lowest BCUT2D eigenvalue weighted by Crippen LogP contribution is -2.32. The molecule has 2 aromatic carbocycles. The molecule has 0 saturated carbocycles. The van der Waals surface area contributed by atoms with Gasteiger partial charge >= 0.3 is 0 Å². The third-order valence-corrected chi connectivity index (χ3v) is 5.35. The highest BCUT2D eigenvalue weighted by Gasteiger charge is 2.12. The average Bonchev–Trinajstić information content (AvgIpc) is 2.58. The van der Waals surface area contributed by atoms with E-state index >= 15 is 0 Å². The number of nitrogens with one attached hydrogen (secondary N) is 1. The van der Waals surface area contributed by atoms with Gasteiger partial charge in [-0.3, -0.25) is 4.79 Å². The monoisotopic (exact) mass is 331 g/mol. The summed E-state index contributed by atoms with van der Waals surface area (Å²) in [6, 6.07) is 20.5. The van der Waals surface area contributed by atoms with Crippen LogP contribution in [0.3, 0.4) is 0 Å². The second-order valence-electron chi connectivity index (χ2n) is 4.89. The first-order chi connectivity index (χ1) is 10.8. The van der Waals surface area contributed by atoms with Crippen molar-refractivity contribution >= 4 is 29.4 Å². The Hall–Kier alpha value is -1.39. The number of benzene rings is 2. The maximum Gasteiger partial charge on any atom is 0.232 e. The summed E-state index contributed by atoms with van der Waals surface area (Å²) in [4.78, 5) is 13.3. The molecule has 0 radical (unpaired) electrons. The van der Waals surface area contributed by atoms with Crippen LogP contribution in [0, 0.1) is 0 Å². The van der Waals surface area contributed by atoms with Crippen LogP contribution in [-0.2, 0) is 10.5 Å². The number of rotatable bonds is 8. The Labute approximate surface area is 141 Å². The second kappa shape index (κ2) is 9.59. The molecule has 4 heteroatoms. The van der Waals surface area contributed by atoms with Gasteiger partial charge in [-0.25, -0.2) is 0 Å². The minimum absolute atomic E-state index is 0.0260. The van der Waals surface area contributed by atoms with Gasteiger partial charge in [-0.1, -0.05) is 48.5 Å². The largest absolute Gasteiger partial charge is 0.354 e. The Morgan fingerprint density at radius 3 is 2.36 bits per heavy atom. The van der Waals surface area contributed by atoms with E-state index in [0.717, 1.165) is 11.5 Å². The van der Waals surface area contributed by atoms with E-state index in [2.05, 4.69) is 29.6 Å². The molecule has 1 amide bonds. The summed E-state index contributed by atoms with van der Waals surface area (Å²) < 4.78 is 0. The van der Waals surface area contributed by atoms with Gasteiger partial charge in [-0.15, -0.1) is 23.5 Å². The smallest absolute Gasteiger partial charge is 0.232 e. The SMILES string of the molecule is C[C@@H](SCc1ccccc1)C(=O)NCCSc1ccccc1. The fraction of sp³-hybridized carbons (Fsp3) is 0.278. The van der Waals surface area contributed by atoms with E-state index < -0.39 is 0 Å². The van der Waals surface area contributed by atoms with Gasteiger partial charge in [-0.2, -0.15) is 0 Å². The minimum Gasteiger partial charge on any atom is -0.354 e. The van der Waals surface area contributed by atoms with E-state index in [1.807, 2.05) is 43.3 Å². The number of thioether (sulfide) groups is 2. The van der Waals surface area contributed by atoms with Crippen molar-refractivity contribution in [2.45, 2.75) is 22.8 Å². The summed E-state index contributed by atoms with van der Waals surface area (Å²) in [5.41, 5.74) is 1.26. The maximum absolute atomic E-state index is 12.0. The first-order valence-corrected chi connectivity index (χ1v) is 9.40. The molecule has 0 aliphatic heterocycles. The van der Waals surface area contributed by atoms with Gasteiger partial charge in [0.05, 0.1) is 5.25 Å². The Kier molecular flexibility index (Phi) is 7.40. The van der Waals surface area contributed by atoms with Crippen molar-refractivity contribution in [1.29, 1.82) is 0 Å². The van der Waals surface area contributed by atoms with Crippen LogP contribution in [0.4, 0.5) is 0 Å². The average molecular weight is 332 g/mol. The minimum atomic E-state index is -0.0260. The van der Waals surface area contributed by atoms with Crippen LogP contribution in [0.1, 0.15) is 12.5 Å². The summed E-state index contributed by atoms with van der Waals surface area (Å²) >= 11 is 3.44. The summed E-state index contributed by atoms with van der Waals surface area (Å²) in [5.74, 6) is 1.88. The zero-order chi connectivity index (χ0) is 15.6. The van der Waals surface area contributed by atoms with E-state index in [1.165, 1.54) is 10.5 Å². The van der Waals surface area contributed by atoms with E-state index in [4.69, 9.17) is 0 Å². The van der Waals surface area contributed by atoms with Crippen LogP contribution >= 0.6 is 23.5 Å². The topological polar surface area (TPSA) is 29.1 Å². The molecule has 2 nitrogen and oxygen atoms in total. The van der Waals surface area contributed by atoms with Crippen LogP contribution in [0.25, 0.3) is 0 Å². The van der Waals surface area contributed by atoms with Crippen molar-refractivity contribution in [2.24, 2.45) is 0 Å². The van der Waals surface area contributed by atoms with Crippen molar-refractivity contribution in [1.82, 2.24) is 5.32 Å². The molecule has 0 heterocycles. The van der Waals surface area contributed by atoms with Gasteiger partial charge in [0.2, 0.25) is 5.91 Å². The molecule has 0 saturated heterocycles. The molecule has 1 N–H and O–H groups in total. The van der Waals surface area contributed by atoms with Crippen LogP contribution < -0.4 is 5.32 Å². The molecule has 0 unspecified atom stereocenters. The van der Waals surface area contributed by atoms with E-state index in [-0.39, 0.29) is 11.2 Å².